The topological polar surface area (TPSA) is 40.5 Å². The molecule has 1 heterocycles. The van der Waals surface area contributed by atoms with E-state index in [2.05, 4.69) is 12.1 Å². The van der Waals surface area contributed by atoms with Gasteiger partial charge in [0.15, 0.2) is 0 Å². The fourth-order valence-corrected chi connectivity index (χ4v) is 2.31. The number of hydrogen-bond donors (Lipinski definition) is 1. The summed E-state index contributed by atoms with van der Waals surface area (Å²) in [5.41, 5.74) is 2.44. The molecule has 1 N–H and O–H groups in total. The normalized spacial score (nSPS) is 20.1. The monoisotopic (exact) mass is 219 g/mol. The van der Waals surface area contributed by atoms with Crippen LogP contribution in [-0.2, 0) is 11.2 Å². The predicted octanol–water partition coefficient (Wildman–Crippen LogP) is 1.17. The van der Waals surface area contributed by atoms with E-state index in [1.54, 1.807) is 6.92 Å². The number of fused-ring (bicyclic) bond motifs is 1. The van der Waals surface area contributed by atoms with Gasteiger partial charge in [0.2, 0.25) is 5.91 Å². The molecule has 1 atom stereocenters. The summed E-state index contributed by atoms with van der Waals surface area (Å²) in [5.74, 6) is 0.147. The molecule has 0 saturated carbocycles. The van der Waals surface area contributed by atoms with Gasteiger partial charge in [-0.15, -0.1) is 0 Å². The minimum Gasteiger partial charge on any atom is -0.396 e. The third-order valence-electron chi connectivity index (χ3n) is 3.25. The van der Waals surface area contributed by atoms with Gasteiger partial charge in [-0.3, -0.25) is 4.79 Å². The first-order valence-corrected chi connectivity index (χ1v) is 5.66. The summed E-state index contributed by atoms with van der Waals surface area (Å²) in [6.45, 7) is 3.07. The number of benzene rings is 1. The highest BCUT2D eigenvalue weighted by Crippen LogP contribution is 2.25. The molecule has 2 rings (SSSR count). The quantitative estimate of drug-likeness (QED) is 0.770. The van der Waals surface area contributed by atoms with Crippen LogP contribution in [0.1, 0.15) is 24.0 Å². The Morgan fingerprint density at radius 1 is 1.50 bits per heavy atom. The Morgan fingerprint density at radius 3 is 2.94 bits per heavy atom. The first-order valence-electron chi connectivity index (χ1n) is 5.66. The van der Waals surface area contributed by atoms with E-state index in [4.69, 9.17) is 0 Å². The lowest BCUT2D eigenvalue weighted by Gasteiger charge is -2.22. The number of nitrogens with zero attached hydrogens (tertiary/aromatic N) is 1. The van der Waals surface area contributed by atoms with Crippen molar-refractivity contribution in [3.8, 4) is 0 Å². The summed E-state index contributed by atoms with van der Waals surface area (Å²) in [7, 11) is 0. The van der Waals surface area contributed by atoms with Gasteiger partial charge in [0.05, 0.1) is 6.61 Å². The van der Waals surface area contributed by atoms with E-state index >= 15 is 0 Å². The molecule has 0 fully saturated rings. The highest BCUT2D eigenvalue weighted by molar-refractivity contribution is 5.73. The molecule has 0 aromatic heterocycles. The van der Waals surface area contributed by atoms with Crippen molar-refractivity contribution in [1.82, 2.24) is 4.90 Å². The Balaban J connectivity index is 2.30. The Morgan fingerprint density at radius 2 is 2.25 bits per heavy atom. The largest absolute Gasteiger partial charge is 0.396 e. The zero-order valence-corrected chi connectivity index (χ0v) is 9.52. The van der Waals surface area contributed by atoms with E-state index in [-0.39, 0.29) is 18.4 Å². The summed E-state index contributed by atoms with van der Waals surface area (Å²) in [5, 5.41) is 9.42. The molecule has 0 aliphatic carbocycles. The van der Waals surface area contributed by atoms with Gasteiger partial charge in [-0.2, -0.15) is 0 Å². The SMILES string of the molecule is CC(=O)N1CCc2ccccc2C(CO)C1. The van der Waals surface area contributed by atoms with Crippen molar-refractivity contribution < 1.29 is 9.90 Å². The molecule has 0 saturated heterocycles. The van der Waals surface area contributed by atoms with Crippen LogP contribution < -0.4 is 0 Å². The molecule has 1 unspecified atom stereocenters. The smallest absolute Gasteiger partial charge is 0.219 e. The van der Waals surface area contributed by atoms with Gasteiger partial charge >= 0.3 is 0 Å². The number of aliphatic hydroxyl groups is 1. The van der Waals surface area contributed by atoms with Gasteiger partial charge in [-0.25, -0.2) is 0 Å². The number of hydrogen-bond acceptors (Lipinski definition) is 2. The zero-order valence-electron chi connectivity index (χ0n) is 9.52. The molecule has 86 valence electrons. The summed E-state index contributed by atoms with van der Waals surface area (Å²) >= 11 is 0. The molecule has 16 heavy (non-hydrogen) atoms. The number of aliphatic hydroxyl groups excluding tert-OH is 1. The molecule has 1 aliphatic rings. The van der Waals surface area contributed by atoms with Crippen LogP contribution in [0.4, 0.5) is 0 Å². The molecule has 1 amide bonds. The maximum absolute atomic E-state index is 11.4. The van der Waals surface area contributed by atoms with Crippen LogP contribution in [0, 0.1) is 0 Å². The van der Waals surface area contributed by atoms with Crippen LogP contribution in [0.3, 0.4) is 0 Å². The minimum absolute atomic E-state index is 0.0580. The Kier molecular flexibility index (Phi) is 3.25. The second-order valence-corrected chi connectivity index (χ2v) is 4.29. The molecule has 1 aromatic carbocycles. The lowest BCUT2D eigenvalue weighted by atomic mass is 9.95. The highest BCUT2D eigenvalue weighted by atomic mass is 16.3. The van der Waals surface area contributed by atoms with Crippen molar-refractivity contribution in [2.24, 2.45) is 0 Å². The van der Waals surface area contributed by atoms with Crippen molar-refractivity contribution in [3.05, 3.63) is 35.4 Å². The molecular formula is C13H17NO2. The number of carbonyl (C=O) groups is 1. The Hall–Kier alpha value is -1.35. The van der Waals surface area contributed by atoms with Crippen LogP contribution in [0.15, 0.2) is 24.3 Å². The van der Waals surface area contributed by atoms with Crippen LogP contribution in [-0.4, -0.2) is 35.6 Å². The van der Waals surface area contributed by atoms with Crippen LogP contribution in [0.5, 0.6) is 0 Å². The van der Waals surface area contributed by atoms with E-state index < -0.39 is 0 Å². The van der Waals surface area contributed by atoms with Crippen molar-refractivity contribution in [2.45, 2.75) is 19.3 Å². The van der Waals surface area contributed by atoms with E-state index in [0.29, 0.717) is 6.54 Å². The number of rotatable bonds is 1. The predicted molar refractivity (Wildman–Crippen MR) is 62.2 cm³/mol. The van der Waals surface area contributed by atoms with Gasteiger partial charge in [-0.05, 0) is 17.5 Å². The molecular weight excluding hydrogens is 202 g/mol. The van der Waals surface area contributed by atoms with Crippen molar-refractivity contribution in [2.75, 3.05) is 19.7 Å². The van der Waals surface area contributed by atoms with E-state index in [9.17, 15) is 9.90 Å². The van der Waals surface area contributed by atoms with Crippen LogP contribution >= 0.6 is 0 Å². The number of amides is 1. The van der Waals surface area contributed by atoms with Crippen molar-refractivity contribution in [3.63, 3.8) is 0 Å². The average Bonchev–Trinajstić information content (AvgIpc) is 2.48. The van der Waals surface area contributed by atoms with Gasteiger partial charge < -0.3 is 10.0 Å². The fourth-order valence-electron chi connectivity index (χ4n) is 2.31. The third-order valence-corrected chi connectivity index (χ3v) is 3.25. The lowest BCUT2D eigenvalue weighted by Crippen LogP contribution is -2.33. The summed E-state index contributed by atoms with van der Waals surface area (Å²) < 4.78 is 0. The molecule has 3 nitrogen and oxygen atoms in total. The maximum atomic E-state index is 11.4. The van der Waals surface area contributed by atoms with Gasteiger partial charge in [0.25, 0.3) is 0 Å². The lowest BCUT2D eigenvalue weighted by molar-refractivity contribution is -0.129. The van der Waals surface area contributed by atoms with Crippen molar-refractivity contribution >= 4 is 5.91 Å². The molecule has 0 radical (unpaired) electrons. The van der Waals surface area contributed by atoms with Gasteiger partial charge in [0, 0.05) is 25.9 Å². The average molecular weight is 219 g/mol. The van der Waals surface area contributed by atoms with E-state index in [1.165, 1.54) is 11.1 Å². The van der Waals surface area contributed by atoms with Crippen LogP contribution in [0.25, 0.3) is 0 Å². The summed E-state index contributed by atoms with van der Waals surface area (Å²) in [4.78, 5) is 13.2. The van der Waals surface area contributed by atoms with E-state index in [0.717, 1.165) is 13.0 Å². The molecule has 3 heteroatoms. The second kappa shape index (κ2) is 4.66. The third kappa shape index (κ3) is 2.09. The summed E-state index contributed by atoms with van der Waals surface area (Å²) in [6.07, 6.45) is 0.881. The van der Waals surface area contributed by atoms with Gasteiger partial charge in [0.1, 0.15) is 0 Å². The minimum atomic E-state index is 0.0580. The molecule has 1 aromatic rings. The van der Waals surface area contributed by atoms with E-state index in [1.807, 2.05) is 17.0 Å². The first kappa shape index (κ1) is 11.1. The molecule has 0 bridgehead atoms. The maximum Gasteiger partial charge on any atom is 0.219 e. The van der Waals surface area contributed by atoms with Crippen molar-refractivity contribution in [1.29, 1.82) is 0 Å². The van der Waals surface area contributed by atoms with Crippen LogP contribution in [0.2, 0.25) is 0 Å². The molecule has 1 aliphatic heterocycles. The second-order valence-electron chi connectivity index (χ2n) is 4.29. The highest BCUT2D eigenvalue weighted by Gasteiger charge is 2.23. The fraction of sp³-hybridized carbons (Fsp3) is 0.462. The Labute approximate surface area is 95.7 Å². The first-order chi connectivity index (χ1) is 7.72. The Bertz CT molecular complexity index is 389. The molecule has 0 spiro atoms. The standard InChI is InChI=1S/C13H17NO2/c1-10(16)14-7-6-11-4-2-3-5-13(11)12(8-14)9-15/h2-5,12,15H,6-9H2,1H3. The zero-order chi connectivity index (χ0) is 11.5. The van der Waals surface area contributed by atoms with Gasteiger partial charge in [-0.1, -0.05) is 24.3 Å². The summed E-state index contributed by atoms with van der Waals surface area (Å²) in [6, 6.07) is 8.14. The number of carbonyl (C=O) groups excluding carboxylic acids is 1.